The molecule has 0 spiro atoms. The Bertz CT molecular complexity index is 1260. The van der Waals surface area contributed by atoms with Crippen molar-refractivity contribution in [3.05, 3.63) is 95.6 Å². The van der Waals surface area contributed by atoms with Gasteiger partial charge in [0.2, 0.25) is 5.88 Å². The molecule has 0 radical (unpaired) electrons. The van der Waals surface area contributed by atoms with Crippen LogP contribution < -0.4 is 4.74 Å². The largest absolute Gasteiger partial charge is 0.474 e. The summed E-state index contributed by atoms with van der Waals surface area (Å²) in [6.07, 6.45) is 0.591. The Morgan fingerprint density at radius 2 is 1.47 bits per heavy atom. The number of rotatable bonds is 7. The van der Waals surface area contributed by atoms with Gasteiger partial charge in [-0.1, -0.05) is 61.5 Å². The molecule has 32 heavy (non-hydrogen) atoms. The summed E-state index contributed by atoms with van der Waals surface area (Å²) in [5, 5.41) is 5.60. The second kappa shape index (κ2) is 8.30. The highest BCUT2D eigenvalue weighted by Gasteiger charge is 2.39. The molecule has 5 rings (SSSR count). The summed E-state index contributed by atoms with van der Waals surface area (Å²) in [5.41, 5.74) is 3.02. The lowest BCUT2D eigenvalue weighted by atomic mass is 10.1. The first-order valence-corrected chi connectivity index (χ1v) is 10.8. The van der Waals surface area contributed by atoms with Crippen molar-refractivity contribution < 1.29 is 14.3 Å². The van der Waals surface area contributed by atoms with E-state index >= 15 is 0 Å². The highest BCUT2D eigenvalue weighted by molar-refractivity contribution is 6.21. The molecule has 3 aromatic carbocycles. The van der Waals surface area contributed by atoms with Gasteiger partial charge in [-0.15, -0.1) is 5.10 Å². The molecule has 0 saturated carbocycles. The van der Waals surface area contributed by atoms with Crippen LogP contribution in [-0.2, 0) is 6.54 Å². The third-order valence-corrected chi connectivity index (χ3v) is 5.87. The summed E-state index contributed by atoms with van der Waals surface area (Å²) >= 11 is 0. The number of fused-ring (bicyclic) bond motifs is 2. The molecule has 0 fully saturated rings. The molecule has 6 heteroatoms. The van der Waals surface area contributed by atoms with Gasteiger partial charge in [0, 0.05) is 0 Å². The van der Waals surface area contributed by atoms with Crippen molar-refractivity contribution in [1.82, 2.24) is 14.7 Å². The zero-order valence-electron chi connectivity index (χ0n) is 17.8. The third-order valence-electron chi connectivity index (χ3n) is 5.87. The summed E-state index contributed by atoms with van der Waals surface area (Å²) < 4.78 is 8.04. The maximum atomic E-state index is 12.9. The lowest BCUT2D eigenvalue weighted by molar-refractivity contribution is 0.0525. The van der Waals surface area contributed by atoms with E-state index < -0.39 is 0 Å². The number of carbonyl (C=O) groups excluding carboxylic acids is 2. The van der Waals surface area contributed by atoms with Gasteiger partial charge >= 0.3 is 0 Å². The molecule has 1 aromatic heterocycles. The number of hydrogen-bond acceptors (Lipinski definition) is 4. The van der Waals surface area contributed by atoms with E-state index in [1.807, 2.05) is 54.1 Å². The van der Waals surface area contributed by atoms with Crippen molar-refractivity contribution in [2.45, 2.75) is 25.9 Å². The first kappa shape index (κ1) is 20.0. The highest BCUT2D eigenvalue weighted by Crippen LogP contribution is 2.28. The number of carbonyl (C=O) groups is 2. The average molecular weight is 425 g/mol. The monoisotopic (exact) mass is 425 g/mol. The van der Waals surface area contributed by atoms with E-state index in [2.05, 4.69) is 12.1 Å². The van der Waals surface area contributed by atoms with Crippen molar-refractivity contribution in [2.75, 3.05) is 6.61 Å². The van der Waals surface area contributed by atoms with Crippen LogP contribution in [-0.4, -0.2) is 39.1 Å². The molecular formula is C26H23N3O3. The molecule has 1 aliphatic heterocycles. The molecule has 160 valence electrons. The minimum atomic E-state index is -0.375. The maximum Gasteiger partial charge on any atom is 0.261 e. The predicted molar refractivity (Wildman–Crippen MR) is 122 cm³/mol. The van der Waals surface area contributed by atoms with Crippen LogP contribution in [0.25, 0.3) is 10.9 Å². The number of nitrogens with zero attached hydrogens (tertiary/aromatic N) is 3. The van der Waals surface area contributed by atoms with Crippen LogP contribution in [0.2, 0.25) is 0 Å². The van der Waals surface area contributed by atoms with Crippen LogP contribution in [0.5, 0.6) is 5.88 Å². The average Bonchev–Trinajstić information content (AvgIpc) is 3.31. The molecule has 2 amide bonds. The Hall–Kier alpha value is -3.93. The molecule has 1 atom stereocenters. The zero-order chi connectivity index (χ0) is 22.1. The summed E-state index contributed by atoms with van der Waals surface area (Å²) in [4.78, 5) is 27.1. The number of amides is 2. The molecule has 0 bridgehead atoms. The van der Waals surface area contributed by atoms with Crippen molar-refractivity contribution >= 4 is 22.7 Å². The molecule has 1 aliphatic rings. The molecule has 6 nitrogen and oxygen atoms in total. The molecule has 4 aromatic rings. The Balaban J connectivity index is 1.39. The standard InChI is InChI=1S/C26H23N3O3/c1-2-19(29-25(30)20-12-6-7-13-21(20)26(29)31)17-32-24-22-14-8-9-15-23(22)28(27-24)16-18-10-4-3-5-11-18/h3-15,19H,2,16-17H2,1H3. The number of hydrogen-bond donors (Lipinski definition) is 0. The zero-order valence-corrected chi connectivity index (χ0v) is 17.8. The van der Waals surface area contributed by atoms with Gasteiger partial charge in [0.15, 0.2) is 0 Å². The van der Waals surface area contributed by atoms with Gasteiger partial charge in [-0.2, -0.15) is 0 Å². The lowest BCUT2D eigenvalue weighted by Crippen LogP contribution is -2.43. The van der Waals surface area contributed by atoms with E-state index in [-0.39, 0.29) is 24.5 Å². The van der Waals surface area contributed by atoms with E-state index in [1.54, 1.807) is 24.3 Å². The number of benzene rings is 3. The van der Waals surface area contributed by atoms with E-state index in [0.29, 0.717) is 30.0 Å². The number of para-hydroxylation sites is 1. The minimum absolute atomic E-state index is 0.189. The first-order chi connectivity index (χ1) is 15.7. The van der Waals surface area contributed by atoms with E-state index in [1.165, 1.54) is 4.90 Å². The number of aromatic nitrogens is 2. The van der Waals surface area contributed by atoms with E-state index in [4.69, 9.17) is 9.84 Å². The molecule has 0 aliphatic carbocycles. The second-order valence-electron chi connectivity index (χ2n) is 7.86. The van der Waals surface area contributed by atoms with E-state index in [0.717, 1.165) is 16.5 Å². The fourth-order valence-corrected chi connectivity index (χ4v) is 4.17. The van der Waals surface area contributed by atoms with Crippen LogP contribution in [0.4, 0.5) is 0 Å². The van der Waals surface area contributed by atoms with Gasteiger partial charge in [0.05, 0.1) is 34.6 Å². The molecule has 0 saturated heterocycles. The maximum absolute atomic E-state index is 12.9. The highest BCUT2D eigenvalue weighted by atomic mass is 16.5. The van der Waals surface area contributed by atoms with Crippen LogP contribution in [0, 0.1) is 0 Å². The smallest absolute Gasteiger partial charge is 0.261 e. The van der Waals surface area contributed by atoms with Crippen molar-refractivity contribution in [1.29, 1.82) is 0 Å². The first-order valence-electron chi connectivity index (χ1n) is 10.8. The Labute approximate surface area is 186 Å². The normalized spacial score (nSPS) is 14.1. The summed E-state index contributed by atoms with van der Waals surface area (Å²) in [5.74, 6) is -0.0207. The van der Waals surface area contributed by atoms with Gasteiger partial charge < -0.3 is 4.74 Å². The summed E-state index contributed by atoms with van der Waals surface area (Å²) in [7, 11) is 0. The third kappa shape index (κ3) is 3.43. The van der Waals surface area contributed by atoms with Crippen molar-refractivity contribution in [3.8, 4) is 5.88 Å². The minimum Gasteiger partial charge on any atom is -0.474 e. The molecule has 2 heterocycles. The van der Waals surface area contributed by atoms with Crippen LogP contribution in [0.3, 0.4) is 0 Å². The SMILES string of the molecule is CCC(COc1nn(Cc2ccccc2)c2ccccc12)N1C(=O)c2ccccc2C1=O. The number of imide groups is 1. The fourth-order valence-electron chi connectivity index (χ4n) is 4.17. The number of ether oxygens (including phenoxy) is 1. The lowest BCUT2D eigenvalue weighted by Gasteiger charge is -2.24. The Morgan fingerprint density at radius 1 is 0.844 bits per heavy atom. The van der Waals surface area contributed by atoms with E-state index in [9.17, 15) is 9.59 Å². The second-order valence-corrected chi connectivity index (χ2v) is 7.86. The quantitative estimate of drug-likeness (QED) is 0.408. The van der Waals surface area contributed by atoms with Crippen LogP contribution in [0.1, 0.15) is 39.6 Å². The van der Waals surface area contributed by atoms with Gasteiger partial charge in [-0.25, -0.2) is 0 Å². The van der Waals surface area contributed by atoms with Crippen molar-refractivity contribution in [3.63, 3.8) is 0 Å². The summed E-state index contributed by atoms with van der Waals surface area (Å²) in [6.45, 7) is 2.76. The summed E-state index contributed by atoms with van der Waals surface area (Å²) in [6, 6.07) is 24.6. The predicted octanol–water partition coefficient (Wildman–Crippen LogP) is 4.54. The van der Waals surface area contributed by atoms with Crippen molar-refractivity contribution in [2.24, 2.45) is 0 Å². The Morgan fingerprint density at radius 3 is 2.16 bits per heavy atom. The van der Waals surface area contributed by atoms with Crippen LogP contribution in [0.15, 0.2) is 78.9 Å². The van der Waals surface area contributed by atoms with Gasteiger partial charge in [-0.3, -0.25) is 19.2 Å². The molecule has 0 N–H and O–H groups in total. The fraction of sp³-hybridized carbons (Fsp3) is 0.192. The Kier molecular flexibility index (Phi) is 5.19. The molecule has 1 unspecified atom stereocenters. The van der Waals surface area contributed by atoms with Gasteiger partial charge in [0.25, 0.3) is 11.8 Å². The topological polar surface area (TPSA) is 64.4 Å². The molecular weight excluding hydrogens is 402 g/mol. The van der Waals surface area contributed by atoms with Gasteiger partial charge in [0.1, 0.15) is 6.61 Å². The van der Waals surface area contributed by atoms with Gasteiger partial charge in [-0.05, 0) is 36.2 Å². The van der Waals surface area contributed by atoms with Crippen LogP contribution >= 0.6 is 0 Å².